The first kappa shape index (κ1) is 6.98. The number of rotatable bonds is 0. The summed E-state index contributed by atoms with van der Waals surface area (Å²) in [5.74, 6) is 0.317. The summed E-state index contributed by atoms with van der Waals surface area (Å²) >= 11 is 0. The molecular formula is C10H7O2. The highest BCUT2D eigenvalue weighted by Gasteiger charge is 1.98. The first-order valence-corrected chi connectivity index (χ1v) is 3.60. The van der Waals surface area contributed by atoms with Crippen LogP contribution in [0.5, 0.6) is 11.5 Å². The minimum Gasteiger partial charge on any atom is -0.508 e. The molecule has 12 heavy (non-hydrogen) atoms. The third-order valence-corrected chi connectivity index (χ3v) is 1.76. The van der Waals surface area contributed by atoms with Crippen LogP contribution in [0.3, 0.4) is 0 Å². The van der Waals surface area contributed by atoms with Gasteiger partial charge in [-0.2, -0.15) is 0 Å². The molecule has 0 aliphatic rings. The Bertz CT molecular complexity index is 421. The fourth-order valence-corrected chi connectivity index (χ4v) is 1.17. The molecule has 1 radical (unpaired) electrons. The number of benzene rings is 2. The molecule has 0 amide bonds. The number of aromatic hydroxyl groups is 2. The van der Waals surface area contributed by atoms with Crippen LogP contribution in [0.4, 0.5) is 0 Å². The summed E-state index contributed by atoms with van der Waals surface area (Å²) in [4.78, 5) is 0. The van der Waals surface area contributed by atoms with Gasteiger partial charge in [0.25, 0.3) is 0 Å². The summed E-state index contributed by atoms with van der Waals surface area (Å²) in [6.07, 6.45) is 0. The van der Waals surface area contributed by atoms with E-state index in [4.69, 9.17) is 5.11 Å². The standard InChI is InChI=1S/C10H7O2/c11-8-5-4-7-2-1-3-10(12)9(7)6-8/h1,3-6,11-12H. The summed E-state index contributed by atoms with van der Waals surface area (Å²) in [7, 11) is 0. The Morgan fingerprint density at radius 3 is 2.75 bits per heavy atom. The van der Waals surface area contributed by atoms with Crippen LogP contribution in [0.15, 0.2) is 30.3 Å². The minimum atomic E-state index is 0.150. The maximum absolute atomic E-state index is 9.36. The van der Waals surface area contributed by atoms with Crippen LogP contribution in [-0.4, -0.2) is 10.2 Å². The first-order valence-electron chi connectivity index (χ1n) is 3.60. The van der Waals surface area contributed by atoms with E-state index in [1.54, 1.807) is 24.3 Å². The van der Waals surface area contributed by atoms with E-state index in [0.29, 0.717) is 5.39 Å². The first-order chi connectivity index (χ1) is 5.77. The van der Waals surface area contributed by atoms with Crippen LogP contribution in [0, 0.1) is 6.07 Å². The van der Waals surface area contributed by atoms with Gasteiger partial charge in [0.15, 0.2) is 0 Å². The highest BCUT2D eigenvalue weighted by Crippen LogP contribution is 2.26. The van der Waals surface area contributed by atoms with E-state index in [2.05, 4.69) is 6.07 Å². The van der Waals surface area contributed by atoms with Crippen molar-refractivity contribution in [2.45, 2.75) is 0 Å². The number of phenolic OH excluding ortho intramolecular Hbond substituents is 2. The van der Waals surface area contributed by atoms with Crippen LogP contribution in [-0.2, 0) is 0 Å². The average Bonchev–Trinajstić information content (AvgIpc) is 2.07. The van der Waals surface area contributed by atoms with Gasteiger partial charge in [0.05, 0.1) is 0 Å². The zero-order valence-corrected chi connectivity index (χ0v) is 6.28. The van der Waals surface area contributed by atoms with Crippen LogP contribution in [0.2, 0.25) is 0 Å². The lowest BCUT2D eigenvalue weighted by atomic mass is 10.1. The largest absolute Gasteiger partial charge is 0.508 e. The van der Waals surface area contributed by atoms with E-state index < -0.39 is 0 Å². The average molecular weight is 159 g/mol. The summed E-state index contributed by atoms with van der Waals surface area (Å²) in [5.41, 5.74) is 0. The van der Waals surface area contributed by atoms with Gasteiger partial charge in [0.2, 0.25) is 0 Å². The van der Waals surface area contributed by atoms with Gasteiger partial charge in [0.1, 0.15) is 11.5 Å². The third-order valence-electron chi connectivity index (χ3n) is 1.76. The van der Waals surface area contributed by atoms with Crippen molar-refractivity contribution in [1.29, 1.82) is 0 Å². The Balaban J connectivity index is 2.88. The quantitative estimate of drug-likeness (QED) is 0.617. The molecule has 0 saturated heterocycles. The van der Waals surface area contributed by atoms with E-state index in [9.17, 15) is 5.11 Å². The fraction of sp³-hybridized carbons (Fsp3) is 0. The molecule has 2 aromatic rings. The maximum Gasteiger partial charge on any atom is 0.123 e. The number of hydrogen-bond acceptors (Lipinski definition) is 2. The second-order valence-corrected chi connectivity index (χ2v) is 2.59. The molecule has 2 N–H and O–H groups in total. The molecule has 2 aromatic carbocycles. The van der Waals surface area contributed by atoms with E-state index in [1.807, 2.05) is 0 Å². The van der Waals surface area contributed by atoms with Crippen molar-refractivity contribution in [1.82, 2.24) is 0 Å². The predicted octanol–water partition coefficient (Wildman–Crippen LogP) is 2.05. The predicted molar refractivity (Wildman–Crippen MR) is 46.1 cm³/mol. The monoisotopic (exact) mass is 159 g/mol. The van der Waals surface area contributed by atoms with Crippen LogP contribution >= 0.6 is 0 Å². The normalized spacial score (nSPS) is 10.3. The molecule has 2 rings (SSSR count). The Kier molecular flexibility index (Phi) is 1.40. The van der Waals surface area contributed by atoms with Gasteiger partial charge in [-0.15, -0.1) is 0 Å². The third kappa shape index (κ3) is 0.975. The summed E-state index contributed by atoms with van der Waals surface area (Å²) in [6.45, 7) is 0. The molecule has 0 aliphatic carbocycles. The smallest absolute Gasteiger partial charge is 0.123 e. The highest BCUT2D eigenvalue weighted by atomic mass is 16.3. The van der Waals surface area contributed by atoms with Gasteiger partial charge in [-0.25, -0.2) is 0 Å². The fourth-order valence-electron chi connectivity index (χ4n) is 1.17. The van der Waals surface area contributed by atoms with Crippen molar-refractivity contribution >= 4 is 10.8 Å². The summed E-state index contributed by atoms with van der Waals surface area (Å²) in [5, 5.41) is 19.9. The molecule has 0 heterocycles. The lowest BCUT2D eigenvalue weighted by molar-refractivity contribution is 0.471. The molecule has 0 aliphatic heterocycles. The Labute approximate surface area is 69.7 Å². The lowest BCUT2D eigenvalue weighted by Gasteiger charge is -1.99. The summed E-state index contributed by atoms with van der Waals surface area (Å²) < 4.78 is 0. The second kappa shape index (κ2) is 2.41. The Hall–Kier alpha value is -1.70. The summed E-state index contributed by atoms with van der Waals surface area (Å²) in [6, 6.07) is 10.9. The molecule has 0 bridgehead atoms. The molecule has 0 saturated carbocycles. The molecular weight excluding hydrogens is 152 g/mol. The second-order valence-electron chi connectivity index (χ2n) is 2.59. The molecule has 0 atom stereocenters. The van der Waals surface area contributed by atoms with Gasteiger partial charge in [0, 0.05) is 5.39 Å². The highest BCUT2D eigenvalue weighted by molar-refractivity contribution is 5.88. The number of hydrogen-bond donors (Lipinski definition) is 2. The van der Waals surface area contributed by atoms with E-state index >= 15 is 0 Å². The zero-order chi connectivity index (χ0) is 8.55. The number of fused-ring (bicyclic) bond motifs is 1. The van der Waals surface area contributed by atoms with Crippen molar-refractivity contribution in [3.05, 3.63) is 36.4 Å². The zero-order valence-electron chi connectivity index (χ0n) is 6.28. The van der Waals surface area contributed by atoms with Gasteiger partial charge >= 0.3 is 0 Å². The molecule has 0 fully saturated rings. The van der Waals surface area contributed by atoms with Crippen molar-refractivity contribution in [3.8, 4) is 11.5 Å². The van der Waals surface area contributed by atoms with Crippen LogP contribution in [0.1, 0.15) is 0 Å². The minimum absolute atomic E-state index is 0.150. The lowest BCUT2D eigenvalue weighted by Crippen LogP contribution is -1.73. The van der Waals surface area contributed by atoms with Crippen LogP contribution < -0.4 is 0 Å². The van der Waals surface area contributed by atoms with E-state index in [1.165, 1.54) is 6.07 Å². The molecule has 0 aromatic heterocycles. The van der Waals surface area contributed by atoms with Crippen LogP contribution in [0.25, 0.3) is 10.8 Å². The van der Waals surface area contributed by atoms with E-state index in [-0.39, 0.29) is 11.5 Å². The SMILES string of the molecule is Oc1ccc2[c]ccc(O)c2c1. The van der Waals surface area contributed by atoms with Gasteiger partial charge < -0.3 is 10.2 Å². The van der Waals surface area contributed by atoms with Crippen molar-refractivity contribution in [3.63, 3.8) is 0 Å². The molecule has 2 heteroatoms. The Morgan fingerprint density at radius 1 is 1.08 bits per heavy atom. The molecule has 0 spiro atoms. The van der Waals surface area contributed by atoms with Gasteiger partial charge in [-0.3, -0.25) is 0 Å². The molecule has 59 valence electrons. The van der Waals surface area contributed by atoms with E-state index in [0.717, 1.165) is 5.39 Å². The van der Waals surface area contributed by atoms with Crippen molar-refractivity contribution in [2.24, 2.45) is 0 Å². The van der Waals surface area contributed by atoms with Crippen molar-refractivity contribution in [2.75, 3.05) is 0 Å². The van der Waals surface area contributed by atoms with Crippen molar-refractivity contribution < 1.29 is 10.2 Å². The number of phenols is 2. The molecule has 0 unspecified atom stereocenters. The Morgan fingerprint density at radius 2 is 1.92 bits per heavy atom. The maximum atomic E-state index is 9.36. The molecule has 2 nitrogen and oxygen atoms in total. The van der Waals surface area contributed by atoms with Gasteiger partial charge in [-0.1, -0.05) is 6.07 Å². The van der Waals surface area contributed by atoms with Gasteiger partial charge in [-0.05, 0) is 35.7 Å². The topological polar surface area (TPSA) is 40.5 Å².